The van der Waals surface area contributed by atoms with E-state index >= 15 is 0 Å². The molecule has 0 radical (unpaired) electrons. The fourth-order valence-electron chi connectivity index (χ4n) is 3.25. The van der Waals surface area contributed by atoms with E-state index in [1.165, 1.54) is 0 Å². The van der Waals surface area contributed by atoms with Crippen molar-refractivity contribution in [2.75, 3.05) is 18.5 Å². The third-order valence-corrected chi connectivity index (χ3v) is 4.52. The van der Waals surface area contributed by atoms with Gasteiger partial charge in [-0.25, -0.2) is 0 Å². The Morgan fingerprint density at radius 1 is 1.30 bits per heavy atom. The predicted molar refractivity (Wildman–Crippen MR) is 90.2 cm³/mol. The second-order valence-corrected chi connectivity index (χ2v) is 6.02. The van der Waals surface area contributed by atoms with Crippen molar-refractivity contribution in [1.29, 1.82) is 0 Å². The molecule has 0 amide bonds. The highest BCUT2D eigenvalue weighted by Gasteiger charge is 2.31. The highest BCUT2D eigenvalue weighted by molar-refractivity contribution is 5.81. The minimum Gasteiger partial charge on any atom is -0.383 e. The van der Waals surface area contributed by atoms with Gasteiger partial charge in [-0.05, 0) is 24.6 Å². The summed E-state index contributed by atoms with van der Waals surface area (Å²) in [5.74, 6) is 0.442. The Balaban J connectivity index is 1.48. The zero-order valence-corrected chi connectivity index (χ0v) is 13.1. The zero-order chi connectivity index (χ0) is 15.6. The van der Waals surface area contributed by atoms with Crippen LogP contribution in [0.2, 0.25) is 0 Å². The number of nitrogens with zero attached hydrogens (tertiary/aromatic N) is 3. The van der Waals surface area contributed by atoms with Gasteiger partial charge in [0.2, 0.25) is 0 Å². The average molecular weight is 308 g/mol. The zero-order valence-electron chi connectivity index (χ0n) is 13.1. The van der Waals surface area contributed by atoms with E-state index < -0.39 is 0 Å². The number of anilines is 1. The minimum atomic E-state index is 0.114. The van der Waals surface area contributed by atoms with E-state index in [2.05, 4.69) is 27.5 Å². The first-order valence-corrected chi connectivity index (χ1v) is 7.99. The van der Waals surface area contributed by atoms with Gasteiger partial charge in [-0.1, -0.05) is 18.2 Å². The van der Waals surface area contributed by atoms with Gasteiger partial charge in [0.1, 0.15) is 6.10 Å². The number of fused-ring (bicyclic) bond motifs is 1. The maximum absolute atomic E-state index is 5.93. The van der Waals surface area contributed by atoms with Crippen LogP contribution in [-0.2, 0) is 11.8 Å². The number of rotatable bonds is 4. The lowest BCUT2D eigenvalue weighted by Gasteiger charge is -2.19. The monoisotopic (exact) mass is 308 g/mol. The SMILES string of the molecule is Cn1nccc1[C@@H]1OCC[C@H]1CNc1cnc2ccccc2c1. The van der Waals surface area contributed by atoms with Crippen molar-refractivity contribution in [1.82, 2.24) is 14.8 Å². The second kappa shape index (κ2) is 6.01. The van der Waals surface area contributed by atoms with Crippen LogP contribution in [0.5, 0.6) is 0 Å². The highest BCUT2D eigenvalue weighted by atomic mass is 16.5. The summed E-state index contributed by atoms with van der Waals surface area (Å²) < 4.78 is 7.84. The van der Waals surface area contributed by atoms with E-state index in [0.29, 0.717) is 5.92 Å². The Morgan fingerprint density at radius 2 is 2.22 bits per heavy atom. The van der Waals surface area contributed by atoms with E-state index in [9.17, 15) is 0 Å². The Hall–Kier alpha value is -2.40. The first kappa shape index (κ1) is 14.2. The van der Waals surface area contributed by atoms with Gasteiger partial charge in [-0.15, -0.1) is 0 Å². The molecule has 0 saturated carbocycles. The maximum Gasteiger partial charge on any atom is 0.104 e. The average Bonchev–Trinajstić information content (AvgIpc) is 3.21. The Kier molecular flexibility index (Phi) is 3.71. The molecule has 23 heavy (non-hydrogen) atoms. The molecule has 0 spiro atoms. The van der Waals surface area contributed by atoms with E-state index in [0.717, 1.165) is 41.9 Å². The molecule has 118 valence electrons. The van der Waals surface area contributed by atoms with Crippen LogP contribution in [-0.4, -0.2) is 27.9 Å². The summed E-state index contributed by atoms with van der Waals surface area (Å²) in [5, 5.41) is 8.93. The van der Waals surface area contributed by atoms with E-state index in [1.54, 1.807) is 0 Å². The fourth-order valence-corrected chi connectivity index (χ4v) is 3.25. The molecule has 0 unspecified atom stereocenters. The van der Waals surface area contributed by atoms with Crippen LogP contribution in [0.25, 0.3) is 10.9 Å². The summed E-state index contributed by atoms with van der Waals surface area (Å²) in [6.45, 7) is 1.67. The summed E-state index contributed by atoms with van der Waals surface area (Å²) in [6, 6.07) is 12.4. The number of aromatic nitrogens is 3. The van der Waals surface area contributed by atoms with Crippen LogP contribution in [0, 0.1) is 5.92 Å². The van der Waals surface area contributed by atoms with Gasteiger partial charge >= 0.3 is 0 Å². The fraction of sp³-hybridized carbons (Fsp3) is 0.333. The first-order chi connectivity index (χ1) is 11.3. The van der Waals surface area contributed by atoms with Gasteiger partial charge in [0.25, 0.3) is 0 Å². The quantitative estimate of drug-likeness (QED) is 0.804. The summed E-state index contributed by atoms with van der Waals surface area (Å²) >= 11 is 0. The lowest BCUT2D eigenvalue weighted by atomic mass is 9.99. The molecule has 2 aromatic heterocycles. The van der Waals surface area contributed by atoms with E-state index in [1.807, 2.05) is 48.4 Å². The molecule has 3 aromatic rings. The van der Waals surface area contributed by atoms with Crippen molar-refractivity contribution >= 4 is 16.6 Å². The molecule has 1 fully saturated rings. The van der Waals surface area contributed by atoms with Gasteiger partial charge in [-0.2, -0.15) is 5.10 Å². The minimum absolute atomic E-state index is 0.114. The first-order valence-electron chi connectivity index (χ1n) is 7.99. The molecule has 1 aromatic carbocycles. The number of hydrogen-bond donors (Lipinski definition) is 1. The van der Waals surface area contributed by atoms with Crippen LogP contribution >= 0.6 is 0 Å². The molecule has 4 rings (SSSR count). The van der Waals surface area contributed by atoms with E-state index in [4.69, 9.17) is 4.74 Å². The third kappa shape index (κ3) is 2.80. The second-order valence-electron chi connectivity index (χ2n) is 6.02. The van der Waals surface area contributed by atoms with Crippen molar-refractivity contribution in [2.45, 2.75) is 12.5 Å². The number of hydrogen-bond acceptors (Lipinski definition) is 4. The molecule has 0 bridgehead atoms. The molecule has 2 atom stereocenters. The maximum atomic E-state index is 5.93. The molecule has 5 heteroatoms. The smallest absolute Gasteiger partial charge is 0.104 e. The topological polar surface area (TPSA) is 52.0 Å². The van der Waals surface area contributed by atoms with Crippen LogP contribution in [0.3, 0.4) is 0 Å². The Morgan fingerprint density at radius 3 is 3.09 bits per heavy atom. The molecule has 3 heterocycles. The van der Waals surface area contributed by atoms with Gasteiger partial charge in [-0.3, -0.25) is 9.67 Å². The molecule has 5 nitrogen and oxygen atoms in total. The van der Waals surface area contributed by atoms with Crippen molar-refractivity contribution in [3.05, 3.63) is 54.5 Å². The number of aryl methyl sites for hydroxylation is 1. The summed E-state index contributed by atoms with van der Waals surface area (Å²) in [6.07, 6.45) is 4.90. The predicted octanol–water partition coefficient (Wildman–Crippen LogP) is 3.16. The molecule has 0 aliphatic carbocycles. The number of pyridine rings is 1. The molecule has 1 aliphatic rings. The summed E-state index contributed by atoms with van der Waals surface area (Å²) in [4.78, 5) is 4.50. The number of nitrogens with one attached hydrogen (secondary N) is 1. The highest BCUT2D eigenvalue weighted by Crippen LogP contribution is 2.34. The number of benzene rings is 1. The summed E-state index contributed by atoms with van der Waals surface area (Å²) in [5.41, 5.74) is 3.22. The largest absolute Gasteiger partial charge is 0.383 e. The Labute approximate surface area is 135 Å². The van der Waals surface area contributed by atoms with Crippen molar-refractivity contribution in [2.24, 2.45) is 13.0 Å². The molecule has 1 saturated heterocycles. The van der Waals surface area contributed by atoms with Gasteiger partial charge in [0, 0.05) is 37.7 Å². The standard InChI is InChI=1S/C18H20N4O/c1-22-17(6-8-21-22)18-14(7-9-23-18)11-19-15-10-13-4-2-3-5-16(13)20-12-15/h2-6,8,10,12,14,18-19H,7,9,11H2,1H3/t14-,18+/m0/s1. The van der Waals surface area contributed by atoms with Gasteiger partial charge in [0.05, 0.1) is 23.1 Å². The third-order valence-electron chi connectivity index (χ3n) is 4.52. The summed E-state index contributed by atoms with van der Waals surface area (Å²) in [7, 11) is 1.97. The van der Waals surface area contributed by atoms with Crippen LogP contribution in [0.1, 0.15) is 18.2 Å². The van der Waals surface area contributed by atoms with Crippen LogP contribution < -0.4 is 5.32 Å². The lowest BCUT2D eigenvalue weighted by molar-refractivity contribution is 0.0866. The van der Waals surface area contributed by atoms with Crippen LogP contribution in [0.15, 0.2) is 48.8 Å². The van der Waals surface area contributed by atoms with Crippen LogP contribution in [0.4, 0.5) is 5.69 Å². The van der Waals surface area contributed by atoms with Crippen molar-refractivity contribution < 1.29 is 4.74 Å². The molecule has 1 N–H and O–H groups in total. The van der Waals surface area contributed by atoms with Crippen molar-refractivity contribution in [3.63, 3.8) is 0 Å². The molecular weight excluding hydrogens is 288 g/mol. The molecule has 1 aliphatic heterocycles. The number of ether oxygens (including phenoxy) is 1. The number of para-hydroxylation sites is 1. The van der Waals surface area contributed by atoms with Crippen molar-refractivity contribution in [3.8, 4) is 0 Å². The lowest BCUT2D eigenvalue weighted by Crippen LogP contribution is -2.19. The Bertz CT molecular complexity index is 813. The van der Waals surface area contributed by atoms with Gasteiger partial charge in [0.15, 0.2) is 0 Å². The normalized spacial score (nSPS) is 20.9. The van der Waals surface area contributed by atoms with E-state index in [-0.39, 0.29) is 6.10 Å². The molecular formula is C18H20N4O. The van der Waals surface area contributed by atoms with Gasteiger partial charge < -0.3 is 10.1 Å².